The molecular formula is C11H13N3OS. The van der Waals surface area contributed by atoms with E-state index in [1.54, 1.807) is 18.4 Å². The highest BCUT2D eigenvalue weighted by Crippen LogP contribution is 2.25. The predicted octanol–water partition coefficient (Wildman–Crippen LogP) is 1.78. The summed E-state index contributed by atoms with van der Waals surface area (Å²) in [5.41, 5.74) is 4.64. The lowest BCUT2D eigenvalue weighted by Gasteiger charge is -2.00. The van der Waals surface area contributed by atoms with Crippen molar-refractivity contribution in [3.05, 3.63) is 35.3 Å². The summed E-state index contributed by atoms with van der Waals surface area (Å²) in [5, 5.41) is 2.99. The van der Waals surface area contributed by atoms with Gasteiger partial charge in [0.15, 0.2) is 0 Å². The fraction of sp³-hybridized carbons (Fsp3) is 0.182. The maximum Gasteiger partial charge on any atom is 0.123 e. The molecule has 0 aliphatic rings. The van der Waals surface area contributed by atoms with Gasteiger partial charge in [-0.25, -0.2) is 4.98 Å². The number of ether oxygens (including phenoxy) is 1. The molecule has 4 nitrogen and oxygen atoms in total. The SMILES string of the molecule is COc1ccc(-c2nc(CNN)cs2)cc1. The van der Waals surface area contributed by atoms with Crippen molar-refractivity contribution in [3.8, 4) is 16.3 Å². The van der Waals surface area contributed by atoms with Crippen LogP contribution < -0.4 is 16.0 Å². The zero-order valence-corrected chi connectivity index (χ0v) is 9.75. The Kier molecular flexibility index (Phi) is 3.51. The molecule has 0 bridgehead atoms. The van der Waals surface area contributed by atoms with Crippen molar-refractivity contribution in [2.45, 2.75) is 6.54 Å². The lowest BCUT2D eigenvalue weighted by atomic mass is 10.2. The largest absolute Gasteiger partial charge is 0.497 e. The predicted molar refractivity (Wildman–Crippen MR) is 65.1 cm³/mol. The van der Waals surface area contributed by atoms with Gasteiger partial charge in [-0.05, 0) is 24.3 Å². The smallest absolute Gasteiger partial charge is 0.123 e. The van der Waals surface area contributed by atoms with Gasteiger partial charge >= 0.3 is 0 Å². The van der Waals surface area contributed by atoms with Gasteiger partial charge in [0.1, 0.15) is 10.8 Å². The maximum atomic E-state index is 5.24. The Balaban J connectivity index is 2.21. The highest BCUT2D eigenvalue weighted by atomic mass is 32.1. The molecule has 0 spiro atoms. The van der Waals surface area contributed by atoms with Crippen molar-refractivity contribution in [2.24, 2.45) is 5.84 Å². The van der Waals surface area contributed by atoms with Gasteiger partial charge in [0.05, 0.1) is 19.3 Å². The van der Waals surface area contributed by atoms with E-state index < -0.39 is 0 Å². The second kappa shape index (κ2) is 5.07. The molecule has 0 aliphatic heterocycles. The van der Waals surface area contributed by atoms with E-state index in [1.807, 2.05) is 29.6 Å². The average Bonchev–Trinajstić information content (AvgIpc) is 2.78. The Bertz CT molecular complexity index is 453. The van der Waals surface area contributed by atoms with Crippen molar-refractivity contribution in [1.82, 2.24) is 10.4 Å². The molecule has 0 unspecified atom stereocenters. The molecule has 0 atom stereocenters. The van der Waals surface area contributed by atoms with E-state index in [4.69, 9.17) is 10.6 Å². The zero-order chi connectivity index (χ0) is 11.4. The number of aromatic nitrogens is 1. The van der Waals surface area contributed by atoms with E-state index in [0.717, 1.165) is 22.0 Å². The van der Waals surface area contributed by atoms with Gasteiger partial charge in [-0.1, -0.05) is 0 Å². The van der Waals surface area contributed by atoms with Crippen LogP contribution in [0.1, 0.15) is 5.69 Å². The van der Waals surface area contributed by atoms with Crippen LogP contribution >= 0.6 is 11.3 Å². The number of hydrogen-bond acceptors (Lipinski definition) is 5. The van der Waals surface area contributed by atoms with Crippen molar-refractivity contribution in [2.75, 3.05) is 7.11 Å². The first-order chi connectivity index (χ1) is 7.83. The average molecular weight is 235 g/mol. The molecule has 84 valence electrons. The van der Waals surface area contributed by atoms with Crippen molar-refractivity contribution in [3.63, 3.8) is 0 Å². The van der Waals surface area contributed by atoms with Crippen molar-refractivity contribution in [1.29, 1.82) is 0 Å². The Hall–Kier alpha value is -1.43. The maximum absolute atomic E-state index is 5.24. The van der Waals surface area contributed by atoms with E-state index in [1.165, 1.54) is 0 Å². The number of nitrogens with one attached hydrogen (secondary N) is 1. The molecule has 3 N–H and O–H groups in total. The molecule has 0 saturated heterocycles. The number of benzene rings is 1. The number of nitrogens with two attached hydrogens (primary N) is 1. The molecule has 0 aliphatic carbocycles. The molecular weight excluding hydrogens is 222 g/mol. The molecule has 0 amide bonds. The number of methoxy groups -OCH3 is 1. The third-order valence-electron chi connectivity index (χ3n) is 2.17. The topological polar surface area (TPSA) is 60.2 Å². The molecule has 0 saturated carbocycles. The van der Waals surface area contributed by atoms with Crippen LogP contribution in [0, 0.1) is 0 Å². The summed E-state index contributed by atoms with van der Waals surface area (Å²) in [7, 11) is 1.66. The second-order valence-corrected chi connectivity index (χ2v) is 4.11. The molecule has 2 aromatic rings. The highest BCUT2D eigenvalue weighted by Gasteiger charge is 2.04. The van der Waals surface area contributed by atoms with Crippen LogP contribution in [0.2, 0.25) is 0 Å². The van der Waals surface area contributed by atoms with Crippen LogP contribution in [0.25, 0.3) is 10.6 Å². The van der Waals surface area contributed by atoms with Crippen LogP contribution in [-0.4, -0.2) is 12.1 Å². The number of hydrogen-bond donors (Lipinski definition) is 2. The van der Waals surface area contributed by atoms with Crippen LogP contribution in [0.3, 0.4) is 0 Å². The summed E-state index contributed by atoms with van der Waals surface area (Å²) in [6.07, 6.45) is 0. The molecule has 2 rings (SSSR count). The lowest BCUT2D eigenvalue weighted by Crippen LogP contribution is -2.20. The zero-order valence-electron chi connectivity index (χ0n) is 8.93. The van der Waals surface area contributed by atoms with E-state index in [2.05, 4.69) is 10.4 Å². The number of hydrazine groups is 1. The van der Waals surface area contributed by atoms with E-state index in [0.29, 0.717) is 6.54 Å². The number of thiazole rings is 1. The summed E-state index contributed by atoms with van der Waals surface area (Å²) in [6.45, 7) is 0.590. The molecule has 1 heterocycles. The lowest BCUT2D eigenvalue weighted by molar-refractivity contribution is 0.415. The molecule has 0 fully saturated rings. The Morgan fingerprint density at radius 1 is 1.38 bits per heavy atom. The summed E-state index contributed by atoms with van der Waals surface area (Å²) in [5.74, 6) is 6.10. The van der Waals surface area contributed by atoms with E-state index in [-0.39, 0.29) is 0 Å². The standard InChI is InChI=1S/C11H13N3OS/c1-15-10-4-2-8(3-5-10)11-14-9(6-13-12)7-16-11/h2-5,7,13H,6,12H2,1H3. The second-order valence-electron chi connectivity index (χ2n) is 3.25. The molecule has 16 heavy (non-hydrogen) atoms. The first kappa shape index (κ1) is 11.1. The van der Waals surface area contributed by atoms with Gasteiger partial charge < -0.3 is 4.74 Å². The molecule has 1 aromatic heterocycles. The Morgan fingerprint density at radius 2 is 2.12 bits per heavy atom. The minimum atomic E-state index is 0.590. The molecule has 0 radical (unpaired) electrons. The minimum absolute atomic E-state index is 0.590. The van der Waals surface area contributed by atoms with Gasteiger partial charge in [0.2, 0.25) is 0 Å². The van der Waals surface area contributed by atoms with Crippen LogP contribution in [0.15, 0.2) is 29.6 Å². The van der Waals surface area contributed by atoms with Crippen molar-refractivity contribution < 1.29 is 4.74 Å². The first-order valence-electron chi connectivity index (χ1n) is 4.86. The van der Waals surface area contributed by atoms with Gasteiger partial charge in [-0.15, -0.1) is 11.3 Å². The van der Waals surface area contributed by atoms with Gasteiger partial charge in [-0.3, -0.25) is 11.3 Å². The Morgan fingerprint density at radius 3 is 2.75 bits per heavy atom. The van der Waals surface area contributed by atoms with Crippen LogP contribution in [0.4, 0.5) is 0 Å². The third kappa shape index (κ3) is 2.38. The quantitative estimate of drug-likeness (QED) is 0.626. The van der Waals surface area contributed by atoms with Gasteiger partial charge in [-0.2, -0.15) is 0 Å². The molecule has 5 heteroatoms. The first-order valence-corrected chi connectivity index (χ1v) is 5.73. The minimum Gasteiger partial charge on any atom is -0.497 e. The fourth-order valence-corrected chi connectivity index (χ4v) is 2.18. The van der Waals surface area contributed by atoms with Crippen LogP contribution in [0.5, 0.6) is 5.75 Å². The number of nitrogens with zero attached hydrogens (tertiary/aromatic N) is 1. The fourth-order valence-electron chi connectivity index (χ4n) is 1.36. The highest BCUT2D eigenvalue weighted by molar-refractivity contribution is 7.13. The van der Waals surface area contributed by atoms with Crippen LogP contribution in [-0.2, 0) is 6.54 Å². The Labute approximate surface area is 98.1 Å². The molecule has 1 aromatic carbocycles. The third-order valence-corrected chi connectivity index (χ3v) is 3.11. The summed E-state index contributed by atoms with van der Waals surface area (Å²) >= 11 is 1.61. The number of rotatable bonds is 4. The summed E-state index contributed by atoms with van der Waals surface area (Å²) in [6, 6.07) is 7.85. The van der Waals surface area contributed by atoms with E-state index >= 15 is 0 Å². The van der Waals surface area contributed by atoms with Gasteiger partial charge in [0, 0.05) is 10.9 Å². The van der Waals surface area contributed by atoms with Crippen molar-refractivity contribution >= 4 is 11.3 Å². The van der Waals surface area contributed by atoms with E-state index in [9.17, 15) is 0 Å². The monoisotopic (exact) mass is 235 g/mol. The normalized spacial score (nSPS) is 10.4. The van der Waals surface area contributed by atoms with Gasteiger partial charge in [0.25, 0.3) is 0 Å². The summed E-state index contributed by atoms with van der Waals surface area (Å²) in [4.78, 5) is 4.46. The summed E-state index contributed by atoms with van der Waals surface area (Å²) < 4.78 is 5.11.